The molecule has 6 rings (SSSR count). The summed E-state index contributed by atoms with van der Waals surface area (Å²) in [6, 6.07) is 43.2. The molecule has 1 aliphatic rings. The lowest BCUT2D eigenvalue weighted by Crippen LogP contribution is -2.22. The zero-order chi connectivity index (χ0) is 31.7. The van der Waals surface area contributed by atoms with E-state index in [-0.39, 0.29) is 5.91 Å². The number of nitrogens with one attached hydrogen (secondary N) is 1. The summed E-state index contributed by atoms with van der Waals surface area (Å²) >= 11 is 0. The average Bonchev–Trinajstić information content (AvgIpc) is 3.40. The summed E-state index contributed by atoms with van der Waals surface area (Å²) < 4.78 is 11.7. The molecule has 1 N–H and O–H groups in total. The average molecular weight is 610 g/mol. The van der Waals surface area contributed by atoms with Crippen molar-refractivity contribution in [3.63, 3.8) is 0 Å². The maximum atomic E-state index is 13.6. The second-order valence-corrected chi connectivity index (χ2v) is 11.3. The number of benzene rings is 5. The normalized spacial score (nSPS) is 14.2. The fraction of sp³-hybridized carbons (Fsp3) is 0.200. The van der Waals surface area contributed by atoms with E-state index in [2.05, 4.69) is 83.0 Å². The topological polar surface area (TPSA) is 63.2 Å². The van der Waals surface area contributed by atoms with Gasteiger partial charge in [-0.15, -0.1) is 0 Å². The zero-order valence-corrected chi connectivity index (χ0v) is 26.4. The molecule has 1 unspecified atom stereocenters. The molecule has 0 aromatic heterocycles. The van der Waals surface area contributed by atoms with Crippen LogP contribution in [0, 0.1) is 0 Å². The molecule has 0 aliphatic carbocycles. The second kappa shape index (κ2) is 14.7. The molecule has 1 atom stereocenters. The number of rotatable bonds is 13. The summed E-state index contributed by atoms with van der Waals surface area (Å²) in [5.74, 6) is 0.519. The fourth-order valence-electron chi connectivity index (χ4n) is 5.91. The second-order valence-electron chi connectivity index (χ2n) is 11.3. The van der Waals surface area contributed by atoms with Gasteiger partial charge in [-0.3, -0.25) is 14.7 Å². The lowest BCUT2D eigenvalue weighted by atomic mass is 9.90. The molecule has 5 aromatic rings. The first-order chi connectivity index (χ1) is 22.6. The van der Waals surface area contributed by atoms with Crippen LogP contribution in [0.5, 0.6) is 11.5 Å². The van der Waals surface area contributed by atoms with E-state index in [1.807, 2.05) is 68.4 Å². The molecule has 46 heavy (non-hydrogen) atoms. The van der Waals surface area contributed by atoms with E-state index in [1.165, 1.54) is 16.7 Å². The van der Waals surface area contributed by atoms with Crippen molar-refractivity contribution < 1.29 is 14.3 Å². The lowest BCUT2D eigenvalue weighted by Gasteiger charge is -2.23. The largest absolute Gasteiger partial charge is 0.490 e. The van der Waals surface area contributed by atoms with Crippen LogP contribution in [-0.4, -0.2) is 29.7 Å². The SMILES string of the molecule is CCOc1cc2c(cc1OCC)C(C(=Nc1ccc(CN(Cc3ccccc3)Cc3ccccc3)cc1)c1ccccc1)C(=O)N2. The summed E-state index contributed by atoms with van der Waals surface area (Å²) in [6.45, 7) is 7.34. The molecule has 0 bridgehead atoms. The first kappa shape index (κ1) is 30.8. The van der Waals surface area contributed by atoms with Gasteiger partial charge in [0.05, 0.1) is 24.6 Å². The number of ether oxygens (including phenoxy) is 2. The Kier molecular flexibility index (Phi) is 9.86. The van der Waals surface area contributed by atoms with Gasteiger partial charge in [-0.25, -0.2) is 0 Å². The smallest absolute Gasteiger partial charge is 0.238 e. The fourth-order valence-corrected chi connectivity index (χ4v) is 5.91. The van der Waals surface area contributed by atoms with E-state index in [0.29, 0.717) is 30.4 Å². The van der Waals surface area contributed by atoms with Crippen LogP contribution in [0.3, 0.4) is 0 Å². The monoisotopic (exact) mass is 609 g/mol. The van der Waals surface area contributed by atoms with Gasteiger partial charge in [0.15, 0.2) is 11.5 Å². The minimum absolute atomic E-state index is 0.122. The molecule has 0 radical (unpaired) electrons. The van der Waals surface area contributed by atoms with Crippen LogP contribution in [-0.2, 0) is 24.4 Å². The van der Waals surface area contributed by atoms with Crippen molar-refractivity contribution in [2.45, 2.75) is 39.4 Å². The highest BCUT2D eigenvalue weighted by atomic mass is 16.5. The Balaban J connectivity index is 1.30. The number of aliphatic imine (C=N–C) groups is 1. The van der Waals surface area contributed by atoms with Gasteiger partial charge in [0, 0.05) is 31.4 Å². The van der Waals surface area contributed by atoms with E-state index in [0.717, 1.165) is 42.1 Å². The predicted molar refractivity (Wildman–Crippen MR) is 185 cm³/mol. The summed E-state index contributed by atoms with van der Waals surface area (Å²) in [7, 11) is 0. The summed E-state index contributed by atoms with van der Waals surface area (Å²) in [5, 5.41) is 3.06. The van der Waals surface area contributed by atoms with Crippen LogP contribution < -0.4 is 14.8 Å². The Morgan fingerprint density at radius 2 is 1.17 bits per heavy atom. The van der Waals surface area contributed by atoms with E-state index in [4.69, 9.17) is 14.5 Å². The molecule has 232 valence electrons. The summed E-state index contributed by atoms with van der Waals surface area (Å²) in [4.78, 5) is 21.1. The molecule has 1 aliphatic heterocycles. The van der Waals surface area contributed by atoms with Crippen molar-refractivity contribution in [2.75, 3.05) is 18.5 Å². The Morgan fingerprint density at radius 1 is 0.674 bits per heavy atom. The van der Waals surface area contributed by atoms with Gasteiger partial charge in [0.1, 0.15) is 5.92 Å². The standard InChI is InChI=1S/C40H39N3O3/c1-3-45-36-24-34-35(25-37(36)46-4-2)42-40(44)38(34)39(32-18-12-7-13-19-32)41-33-22-20-31(21-23-33)28-43(26-29-14-8-5-9-15-29)27-30-16-10-6-11-17-30/h5-25,38H,3-4,26-28H2,1-2H3,(H,42,44). The molecule has 6 nitrogen and oxygen atoms in total. The summed E-state index contributed by atoms with van der Waals surface area (Å²) in [5.41, 5.74) is 7.67. The molecule has 0 spiro atoms. The van der Waals surface area contributed by atoms with Crippen LogP contribution in [0.1, 0.15) is 47.6 Å². The van der Waals surface area contributed by atoms with Crippen molar-refractivity contribution in [2.24, 2.45) is 4.99 Å². The first-order valence-electron chi connectivity index (χ1n) is 15.9. The van der Waals surface area contributed by atoms with Gasteiger partial charge in [0.25, 0.3) is 0 Å². The van der Waals surface area contributed by atoms with Crippen LogP contribution >= 0.6 is 0 Å². The number of nitrogens with zero attached hydrogens (tertiary/aromatic N) is 2. The van der Waals surface area contributed by atoms with Crippen molar-refractivity contribution >= 4 is 23.0 Å². The molecule has 5 aromatic carbocycles. The minimum atomic E-state index is -0.598. The third-order valence-electron chi connectivity index (χ3n) is 7.98. The van der Waals surface area contributed by atoms with Crippen molar-refractivity contribution in [3.05, 3.63) is 155 Å². The third-order valence-corrected chi connectivity index (χ3v) is 7.98. The Morgan fingerprint density at radius 3 is 1.72 bits per heavy atom. The van der Waals surface area contributed by atoms with Crippen molar-refractivity contribution in [1.82, 2.24) is 4.90 Å². The van der Waals surface area contributed by atoms with Gasteiger partial charge in [-0.05, 0) is 59.9 Å². The minimum Gasteiger partial charge on any atom is -0.490 e. The van der Waals surface area contributed by atoms with Crippen LogP contribution in [0.4, 0.5) is 11.4 Å². The van der Waals surface area contributed by atoms with Crippen molar-refractivity contribution in [1.29, 1.82) is 0 Å². The van der Waals surface area contributed by atoms with Gasteiger partial charge in [-0.1, -0.05) is 103 Å². The molecule has 6 heteroatoms. The van der Waals surface area contributed by atoms with E-state index < -0.39 is 5.92 Å². The number of amides is 1. The first-order valence-corrected chi connectivity index (χ1v) is 15.9. The molecule has 0 saturated carbocycles. The van der Waals surface area contributed by atoms with Gasteiger partial charge >= 0.3 is 0 Å². The number of fused-ring (bicyclic) bond motifs is 1. The molecular weight excluding hydrogens is 570 g/mol. The number of carbonyl (C=O) groups is 1. The van der Waals surface area contributed by atoms with E-state index in [1.54, 1.807) is 0 Å². The molecule has 0 saturated heterocycles. The number of carbonyl (C=O) groups excluding carboxylic acids is 1. The molecular formula is C40H39N3O3. The molecule has 0 fully saturated rings. The highest BCUT2D eigenvalue weighted by Gasteiger charge is 2.37. The predicted octanol–water partition coefficient (Wildman–Crippen LogP) is 8.54. The van der Waals surface area contributed by atoms with Crippen LogP contribution in [0.25, 0.3) is 0 Å². The third kappa shape index (κ3) is 7.36. The van der Waals surface area contributed by atoms with E-state index >= 15 is 0 Å². The highest BCUT2D eigenvalue weighted by molar-refractivity contribution is 6.24. The van der Waals surface area contributed by atoms with Crippen molar-refractivity contribution in [3.8, 4) is 11.5 Å². The van der Waals surface area contributed by atoms with Gasteiger partial charge in [-0.2, -0.15) is 0 Å². The Hall–Kier alpha value is -5.20. The molecule has 1 amide bonds. The van der Waals surface area contributed by atoms with Gasteiger partial charge in [0.2, 0.25) is 5.91 Å². The van der Waals surface area contributed by atoms with Crippen LogP contribution in [0.2, 0.25) is 0 Å². The molecule has 1 heterocycles. The zero-order valence-electron chi connectivity index (χ0n) is 26.4. The lowest BCUT2D eigenvalue weighted by molar-refractivity contribution is -0.115. The van der Waals surface area contributed by atoms with Crippen LogP contribution in [0.15, 0.2) is 132 Å². The van der Waals surface area contributed by atoms with E-state index in [9.17, 15) is 4.79 Å². The number of hydrogen-bond donors (Lipinski definition) is 1. The highest BCUT2D eigenvalue weighted by Crippen LogP contribution is 2.43. The maximum absolute atomic E-state index is 13.6. The van der Waals surface area contributed by atoms with Gasteiger partial charge < -0.3 is 14.8 Å². The maximum Gasteiger partial charge on any atom is 0.238 e. The Bertz CT molecular complexity index is 1730. The number of hydrogen-bond acceptors (Lipinski definition) is 5. The summed E-state index contributed by atoms with van der Waals surface area (Å²) in [6.07, 6.45) is 0. The number of anilines is 1. The Labute approximate surface area is 271 Å². The quantitative estimate of drug-likeness (QED) is 0.136.